The predicted molar refractivity (Wildman–Crippen MR) is 107 cm³/mol. The van der Waals surface area contributed by atoms with Crippen LogP contribution in [0.2, 0.25) is 0 Å². The normalized spacial score (nSPS) is 9.80. The SMILES string of the molecule is CCCCCCCCCCC#CCCCCCCC#CCCC(=O)O. The van der Waals surface area contributed by atoms with Gasteiger partial charge in [-0.05, 0) is 19.3 Å². The maximum atomic E-state index is 10.3. The number of carboxylic acid groups (broad SMARTS) is 1. The van der Waals surface area contributed by atoms with Crippen LogP contribution >= 0.6 is 0 Å². The van der Waals surface area contributed by atoms with Crippen LogP contribution in [0.5, 0.6) is 0 Å². The molecule has 0 bridgehead atoms. The minimum absolute atomic E-state index is 0.157. The third-order valence-corrected chi connectivity index (χ3v) is 4.22. The van der Waals surface area contributed by atoms with E-state index in [4.69, 9.17) is 5.11 Å². The van der Waals surface area contributed by atoms with Crippen LogP contribution < -0.4 is 0 Å². The van der Waals surface area contributed by atoms with Crippen molar-refractivity contribution in [2.75, 3.05) is 0 Å². The van der Waals surface area contributed by atoms with Gasteiger partial charge in [0.15, 0.2) is 0 Å². The molecule has 0 aliphatic rings. The largest absolute Gasteiger partial charge is 0.481 e. The first kappa shape index (κ1) is 23.6. The molecule has 142 valence electrons. The van der Waals surface area contributed by atoms with E-state index in [9.17, 15) is 4.79 Å². The van der Waals surface area contributed by atoms with Crippen molar-refractivity contribution < 1.29 is 9.90 Å². The Labute approximate surface area is 156 Å². The molecule has 0 amide bonds. The summed E-state index contributed by atoms with van der Waals surface area (Å²) in [5.74, 6) is 11.8. The van der Waals surface area contributed by atoms with Crippen molar-refractivity contribution in [3.63, 3.8) is 0 Å². The van der Waals surface area contributed by atoms with Crippen LogP contribution in [-0.2, 0) is 4.79 Å². The third kappa shape index (κ3) is 22.6. The van der Waals surface area contributed by atoms with Gasteiger partial charge in [-0.3, -0.25) is 4.79 Å². The molecule has 0 saturated carbocycles. The van der Waals surface area contributed by atoms with E-state index in [1.165, 1.54) is 70.6 Å². The average Bonchev–Trinajstić information content (AvgIpc) is 2.60. The summed E-state index contributed by atoms with van der Waals surface area (Å²) in [6, 6.07) is 0. The first-order valence-corrected chi connectivity index (χ1v) is 10.4. The second kappa shape index (κ2) is 20.6. The minimum Gasteiger partial charge on any atom is -0.481 e. The highest BCUT2D eigenvalue weighted by Crippen LogP contribution is 2.09. The smallest absolute Gasteiger partial charge is 0.304 e. The van der Waals surface area contributed by atoms with Crippen LogP contribution in [0.1, 0.15) is 116 Å². The fraction of sp³-hybridized carbons (Fsp3) is 0.783. The van der Waals surface area contributed by atoms with Gasteiger partial charge in [-0.2, -0.15) is 0 Å². The molecule has 0 unspecified atom stereocenters. The summed E-state index contributed by atoms with van der Waals surface area (Å²) in [5, 5.41) is 8.49. The molecule has 0 aromatic carbocycles. The van der Waals surface area contributed by atoms with Gasteiger partial charge in [0.25, 0.3) is 0 Å². The van der Waals surface area contributed by atoms with Crippen molar-refractivity contribution in [1.29, 1.82) is 0 Å². The van der Waals surface area contributed by atoms with Gasteiger partial charge < -0.3 is 5.11 Å². The summed E-state index contributed by atoms with van der Waals surface area (Å²) in [7, 11) is 0. The van der Waals surface area contributed by atoms with E-state index >= 15 is 0 Å². The molecule has 0 fully saturated rings. The maximum Gasteiger partial charge on any atom is 0.304 e. The van der Waals surface area contributed by atoms with Gasteiger partial charge in [0.05, 0.1) is 6.42 Å². The fourth-order valence-corrected chi connectivity index (χ4v) is 2.65. The van der Waals surface area contributed by atoms with Crippen molar-refractivity contribution in [3.8, 4) is 23.7 Å². The highest BCUT2D eigenvalue weighted by atomic mass is 16.4. The lowest BCUT2D eigenvalue weighted by molar-refractivity contribution is -0.136. The predicted octanol–water partition coefficient (Wildman–Crippen LogP) is 6.73. The zero-order valence-corrected chi connectivity index (χ0v) is 16.4. The Morgan fingerprint density at radius 3 is 1.36 bits per heavy atom. The molecule has 0 aliphatic carbocycles. The van der Waals surface area contributed by atoms with Crippen LogP contribution in [0, 0.1) is 23.7 Å². The van der Waals surface area contributed by atoms with Crippen molar-refractivity contribution >= 4 is 5.97 Å². The van der Waals surface area contributed by atoms with Gasteiger partial charge in [0.2, 0.25) is 0 Å². The minimum atomic E-state index is -0.766. The van der Waals surface area contributed by atoms with Gasteiger partial charge in [-0.1, -0.05) is 64.7 Å². The van der Waals surface area contributed by atoms with E-state index in [0.717, 1.165) is 25.7 Å². The molecule has 0 atom stereocenters. The first-order chi connectivity index (χ1) is 12.3. The van der Waals surface area contributed by atoms with Gasteiger partial charge in [0, 0.05) is 25.7 Å². The molecule has 0 rings (SSSR count). The zero-order chi connectivity index (χ0) is 18.4. The van der Waals surface area contributed by atoms with E-state index in [0.29, 0.717) is 6.42 Å². The standard InChI is InChI=1S/C23H38O2/c1-2-3-4-5-6-7-8-9-10-11-12-13-14-15-16-17-18-19-20-21-22-23(24)25/h2-10,13-18,21-22H2,1H3,(H,24,25). The van der Waals surface area contributed by atoms with Gasteiger partial charge in [0.1, 0.15) is 0 Å². The first-order valence-electron chi connectivity index (χ1n) is 10.4. The maximum absolute atomic E-state index is 10.3. The lowest BCUT2D eigenvalue weighted by Gasteiger charge is -1.99. The average molecular weight is 347 g/mol. The number of hydrogen-bond acceptors (Lipinski definition) is 1. The van der Waals surface area contributed by atoms with E-state index < -0.39 is 5.97 Å². The molecule has 0 aromatic rings. The van der Waals surface area contributed by atoms with Crippen LogP contribution in [0.3, 0.4) is 0 Å². The van der Waals surface area contributed by atoms with E-state index in [1.54, 1.807) is 0 Å². The number of hydrogen-bond donors (Lipinski definition) is 1. The van der Waals surface area contributed by atoms with Gasteiger partial charge in [-0.25, -0.2) is 0 Å². The second-order valence-corrected chi connectivity index (χ2v) is 6.74. The highest BCUT2D eigenvalue weighted by molar-refractivity contribution is 5.66. The zero-order valence-electron chi connectivity index (χ0n) is 16.4. The third-order valence-electron chi connectivity index (χ3n) is 4.22. The lowest BCUT2D eigenvalue weighted by Crippen LogP contribution is -1.91. The second-order valence-electron chi connectivity index (χ2n) is 6.74. The van der Waals surface area contributed by atoms with Crippen molar-refractivity contribution in [3.05, 3.63) is 0 Å². The van der Waals surface area contributed by atoms with Crippen molar-refractivity contribution in [2.45, 2.75) is 116 Å². The number of carboxylic acids is 1. The van der Waals surface area contributed by atoms with Crippen molar-refractivity contribution in [1.82, 2.24) is 0 Å². The molecular weight excluding hydrogens is 308 g/mol. The molecule has 2 heteroatoms. The number of rotatable bonds is 15. The van der Waals surface area contributed by atoms with E-state index in [1.807, 2.05) is 0 Å². The Morgan fingerprint density at radius 1 is 0.600 bits per heavy atom. The molecule has 0 radical (unpaired) electrons. The molecule has 2 nitrogen and oxygen atoms in total. The Bertz CT molecular complexity index is 417. The number of carbonyl (C=O) groups is 1. The highest BCUT2D eigenvalue weighted by Gasteiger charge is 1.92. The summed E-state index contributed by atoms with van der Waals surface area (Å²) in [5.41, 5.74) is 0. The molecule has 0 aromatic heterocycles. The van der Waals surface area contributed by atoms with Crippen LogP contribution in [0.4, 0.5) is 0 Å². The summed E-state index contributed by atoms with van der Waals surface area (Å²) in [6.07, 6.45) is 19.3. The molecule has 0 saturated heterocycles. The molecule has 25 heavy (non-hydrogen) atoms. The lowest BCUT2D eigenvalue weighted by atomic mass is 10.1. The van der Waals surface area contributed by atoms with E-state index in [-0.39, 0.29) is 6.42 Å². The van der Waals surface area contributed by atoms with E-state index in [2.05, 4.69) is 30.6 Å². The Hall–Kier alpha value is -1.41. The number of aliphatic carboxylic acids is 1. The molecule has 0 aliphatic heterocycles. The molecule has 0 heterocycles. The number of unbranched alkanes of at least 4 members (excludes halogenated alkanes) is 13. The fourth-order valence-electron chi connectivity index (χ4n) is 2.65. The Balaban J connectivity index is 3.20. The molecule has 0 spiro atoms. The Kier molecular flexibility index (Phi) is 19.5. The van der Waals surface area contributed by atoms with Crippen molar-refractivity contribution in [2.24, 2.45) is 0 Å². The monoisotopic (exact) mass is 346 g/mol. The summed E-state index contributed by atoms with van der Waals surface area (Å²) in [4.78, 5) is 10.3. The quantitative estimate of drug-likeness (QED) is 0.264. The molecule has 1 N–H and O–H groups in total. The summed E-state index contributed by atoms with van der Waals surface area (Å²) in [6.45, 7) is 2.26. The Morgan fingerprint density at radius 2 is 0.960 bits per heavy atom. The van der Waals surface area contributed by atoms with Crippen LogP contribution in [-0.4, -0.2) is 11.1 Å². The summed E-state index contributed by atoms with van der Waals surface area (Å²) < 4.78 is 0. The van der Waals surface area contributed by atoms with Crippen LogP contribution in [0.25, 0.3) is 0 Å². The summed E-state index contributed by atoms with van der Waals surface area (Å²) >= 11 is 0. The topological polar surface area (TPSA) is 37.3 Å². The van der Waals surface area contributed by atoms with Gasteiger partial charge in [-0.15, -0.1) is 23.7 Å². The van der Waals surface area contributed by atoms with Gasteiger partial charge >= 0.3 is 5.97 Å². The molecular formula is C23H38O2. The van der Waals surface area contributed by atoms with Crippen LogP contribution in [0.15, 0.2) is 0 Å².